The normalized spacial score (nSPS) is 12.1. The quantitative estimate of drug-likeness (QED) is 0.226. The molecular weight excluding hydrogens is 440 g/mol. The lowest BCUT2D eigenvalue weighted by Gasteiger charge is -2.13. The highest BCUT2D eigenvalue weighted by Gasteiger charge is 2.14. The molecule has 0 saturated heterocycles. The molecular formula is C26H26N8O. The van der Waals surface area contributed by atoms with Crippen molar-refractivity contribution < 1.29 is 4.79 Å². The third-order valence-electron chi connectivity index (χ3n) is 4.93. The molecule has 0 unspecified atom stereocenters. The molecule has 9 nitrogen and oxygen atoms in total. The van der Waals surface area contributed by atoms with Crippen molar-refractivity contribution >= 4 is 28.8 Å². The van der Waals surface area contributed by atoms with Gasteiger partial charge in [-0.3, -0.25) is 14.8 Å². The fourth-order valence-corrected chi connectivity index (χ4v) is 3.21. The predicted octanol–water partition coefficient (Wildman–Crippen LogP) is 2.71. The van der Waals surface area contributed by atoms with E-state index in [9.17, 15) is 4.79 Å². The van der Waals surface area contributed by atoms with Crippen LogP contribution in [0.4, 0.5) is 5.82 Å². The van der Waals surface area contributed by atoms with E-state index in [2.05, 4.69) is 31.7 Å². The van der Waals surface area contributed by atoms with Crippen molar-refractivity contribution in [1.29, 1.82) is 5.26 Å². The number of nitrogens with one attached hydrogen (secondary N) is 2. The number of aliphatic imine (C=N–C) groups is 1. The van der Waals surface area contributed by atoms with Crippen molar-refractivity contribution in [3.8, 4) is 6.07 Å². The first-order chi connectivity index (χ1) is 16.9. The van der Waals surface area contributed by atoms with Crippen LogP contribution >= 0.6 is 0 Å². The van der Waals surface area contributed by atoms with Crippen LogP contribution < -0.4 is 22.1 Å². The average molecular weight is 467 g/mol. The zero-order valence-corrected chi connectivity index (χ0v) is 19.5. The van der Waals surface area contributed by atoms with Crippen LogP contribution in [0.2, 0.25) is 0 Å². The van der Waals surface area contributed by atoms with E-state index in [-0.39, 0.29) is 17.3 Å². The van der Waals surface area contributed by atoms with Crippen LogP contribution in [0.5, 0.6) is 0 Å². The average Bonchev–Trinajstić information content (AvgIpc) is 2.87. The van der Waals surface area contributed by atoms with Crippen LogP contribution in [0, 0.1) is 18.3 Å². The summed E-state index contributed by atoms with van der Waals surface area (Å²) in [5.74, 6) is 0.531. The number of likely N-dealkylation sites (N-methyl/N-ethyl adjacent to an activating group) is 1. The summed E-state index contributed by atoms with van der Waals surface area (Å²) < 4.78 is 0. The van der Waals surface area contributed by atoms with Gasteiger partial charge in [-0.05, 0) is 48.9 Å². The highest BCUT2D eigenvalue weighted by atomic mass is 16.1. The molecule has 0 spiro atoms. The number of aryl methyl sites for hydroxylation is 1. The van der Waals surface area contributed by atoms with Gasteiger partial charge in [-0.15, -0.1) is 0 Å². The molecule has 0 aliphatic rings. The Labute approximate surface area is 203 Å². The van der Waals surface area contributed by atoms with Gasteiger partial charge >= 0.3 is 0 Å². The molecule has 6 N–H and O–H groups in total. The van der Waals surface area contributed by atoms with Crippen LogP contribution in [0.1, 0.15) is 28.1 Å². The van der Waals surface area contributed by atoms with E-state index in [1.807, 2.05) is 31.2 Å². The van der Waals surface area contributed by atoms with Crippen molar-refractivity contribution in [3.05, 3.63) is 101 Å². The molecule has 0 aliphatic carbocycles. The lowest BCUT2D eigenvalue weighted by atomic mass is 10.1. The molecule has 0 bridgehead atoms. The van der Waals surface area contributed by atoms with Gasteiger partial charge in [0.1, 0.15) is 11.7 Å². The zero-order valence-electron chi connectivity index (χ0n) is 19.5. The Morgan fingerprint density at radius 2 is 2.00 bits per heavy atom. The molecule has 2 heterocycles. The second-order valence-electron chi connectivity index (χ2n) is 7.49. The summed E-state index contributed by atoms with van der Waals surface area (Å²) in [6.07, 6.45) is 4.48. The first kappa shape index (κ1) is 24.7. The molecule has 35 heavy (non-hydrogen) atoms. The predicted molar refractivity (Wildman–Crippen MR) is 138 cm³/mol. The van der Waals surface area contributed by atoms with E-state index in [1.54, 1.807) is 42.6 Å². The molecule has 1 amide bonds. The summed E-state index contributed by atoms with van der Waals surface area (Å²) in [5, 5.41) is 14.9. The summed E-state index contributed by atoms with van der Waals surface area (Å²) in [7, 11) is 1.52. The summed E-state index contributed by atoms with van der Waals surface area (Å²) in [5.41, 5.74) is 16.1. The monoisotopic (exact) mass is 466 g/mol. The second kappa shape index (κ2) is 11.8. The third kappa shape index (κ3) is 6.76. The van der Waals surface area contributed by atoms with Crippen molar-refractivity contribution in [2.45, 2.75) is 13.5 Å². The standard InChI is InChI=1S/C26H26N8O/c1-17-5-3-8-25(33-17)34-22(13-24(29)32-16-19-7-4-6-18(11-19)14-27)20-9-10-31-23(12-20)21(15-28)26(35)30-2/h3-13,15H,16,28H2,1-2H3,(H2,29,32)(H,30,35)(H,33,34)/b21-15?,22-13-. The maximum absolute atomic E-state index is 12.2. The van der Waals surface area contributed by atoms with Crippen molar-refractivity contribution in [2.75, 3.05) is 12.4 Å². The minimum absolute atomic E-state index is 0.237. The van der Waals surface area contributed by atoms with Crippen LogP contribution in [0.15, 0.2) is 78.1 Å². The number of amidine groups is 1. The Morgan fingerprint density at radius 1 is 1.20 bits per heavy atom. The molecule has 0 fully saturated rings. The van der Waals surface area contributed by atoms with E-state index < -0.39 is 0 Å². The van der Waals surface area contributed by atoms with Gasteiger partial charge in [0.05, 0.1) is 35.1 Å². The molecule has 176 valence electrons. The lowest BCUT2D eigenvalue weighted by Crippen LogP contribution is -2.20. The van der Waals surface area contributed by atoms with Crippen LogP contribution in [0.25, 0.3) is 11.3 Å². The van der Waals surface area contributed by atoms with Crippen molar-refractivity contribution in [3.63, 3.8) is 0 Å². The molecule has 0 saturated carbocycles. The summed E-state index contributed by atoms with van der Waals surface area (Å²) in [6, 6.07) is 18.4. The zero-order chi connectivity index (χ0) is 25.2. The third-order valence-corrected chi connectivity index (χ3v) is 4.93. The van der Waals surface area contributed by atoms with Gasteiger partial charge in [-0.25, -0.2) is 4.98 Å². The van der Waals surface area contributed by atoms with Crippen LogP contribution in [-0.2, 0) is 11.3 Å². The number of amides is 1. The number of pyridine rings is 2. The number of nitrogens with zero attached hydrogens (tertiary/aromatic N) is 4. The van der Waals surface area contributed by atoms with Gasteiger partial charge in [0.15, 0.2) is 0 Å². The maximum Gasteiger partial charge on any atom is 0.254 e. The maximum atomic E-state index is 12.2. The van der Waals surface area contributed by atoms with E-state index >= 15 is 0 Å². The summed E-state index contributed by atoms with van der Waals surface area (Å²) >= 11 is 0. The number of nitrogens with two attached hydrogens (primary N) is 2. The number of carbonyl (C=O) groups is 1. The summed E-state index contributed by atoms with van der Waals surface area (Å²) in [4.78, 5) is 25.4. The lowest BCUT2D eigenvalue weighted by molar-refractivity contribution is -0.115. The van der Waals surface area contributed by atoms with Gasteiger partial charge in [0, 0.05) is 36.8 Å². The first-order valence-corrected chi connectivity index (χ1v) is 10.8. The molecule has 1 aromatic carbocycles. The van der Waals surface area contributed by atoms with Gasteiger partial charge in [-0.2, -0.15) is 5.26 Å². The number of anilines is 1. The topological polar surface area (TPSA) is 155 Å². The van der Waals surface area contributed by atoms with Crippen molar-refractivity contribution in [2.24, 2.45) is 16.5 Å². The summed E-state index contributed by atoms with van der Waals surface area (Å²) in [6.45, 7) is 2.21. The molecule has 3 aromatic rings. The first-order valence-electron chi connectivity index (χ1n) is 10.8. The smallest absolute Gasteiger partial charge is 0.254 e. The Morgan fingerprint density at radius 3 is 2.71 bits per heavy atom. The number of hydrogen-bond donors (Lipinski definition) is 4. The van der Waals surface area contributed by atoms with Crippen LogP contribution in [-0.4, -0.2) is 28.8 Å². The molecule has 0 radical (unpaired) electrons. The van der Waals surface area contributed by atoms with Crippen LogP contribution in [0.3, 0.4) is 0 Å². The fourth-order valence-electron chi connectivity index (χ4n) is 3.21. The number of aromatic nitrogens is 2. The highest BCUT2D eigenvalue weighted by Crippen LogP contribution is 2.21. The molecule has 0 atom stereocenters. The Balaban J connectivity index is 1.99. The van der Waals surface area contributed by atoms with E-state index in [1.165, 1.54) is 13.2 Å². The van der Waals surface area contributed by atoms with E-state index in [0.717, 1.165) is 11.3 Å². The fraction of sp³-hybridized carbons (Fsp3) is 0.115. The molecule has 9 heteroatoms. The van der Waals surface area contributed by atoms with E-state index in [4.69, 9.17) is 16.7 Å². The van der Waals surface area contributed by atoms with Gasteiger partial charge in [0.2, 0.25) is 0 Å². The number of benzene rings is 1. The molecule has 3 rings (SSSR count). The number of carbonyl (C=O) groups excluding carboxylic acids is 1. The van der Waals surface area contributed by atoms with Gasteiger partial charge in [0.25, 0.3) is 5.91 Å². The second-order valence-corrected chi connectivity index (χ2v) is 7.49. The number of rotatable bonds is 8. The van der Waals surface area contributed by atoms with Crippen molar-refractivity contribution in [1.82, 2.24) is 15.3 Å². The van der Waals surface area contributed by atoms with E-state index in [0.29, 0.717) is 34.9 Å². The molecule has 2 aromatic heterocycles. The Bertz CT molecular complexity index is 1350. The largest absolute Gasteiger partial charge is 0.404 e. The number of hydrogen-bond acceptors (Lipinski definition) is 7. The number of nitriles is 1. The van der Waals surface area contributed by atoms with Gasteiger partial charge < -0.3 is 22.1 Å². The minimum Gasteiger partial charge on any atom is -0.404 e. The Hall–Kier alpha value is -4.97. The van der Waals surface area contributed by atoms with Gasteiger partial charge in [-0.1, -0.05) is 18.2 Å². The Kier molecular flexibility index (Phi) is 8.29. The highest BCUT2D eigenvalue weighted by molar-refractivity contribution is 6.18. The SMILES string of the molecule is CNC(=O)C(=CN)c1cc(/C(=C/C(N)=NCc2cccc(C#N)c2)Nc2cccc(C)n2)ccn1. The minimum atomic E-state index is -0.350. The molecule has 0 aliphatic heterocycles.